The van der Waals surface area contributed by atoms with Gasteiger partial charge in [-0.25, -0.2) is 12.8 Å². The van der Waals surface area contributed by atoms with Gasteiger partial charge in [-0.05, 0) is 49.2 Å². The fraction of sp³-hybridized carbons (Fsp3) is 0.318. The Hall–Kier alpha value is -2.60. The molecule has 2 heterocycles. The Morgan fingerprint density at radius 3 is 2.50 bits per heavy atom. The van der Waals surface area contributed by atoms with Gasteiger partial charge < -0.3 is 9.30 Å². The minimum Gasteiger partial charge on any atom is -0.468 e. The standard InChI is InChI=1S/C22H21ClFN3O5S2/c1-32-19(28)13-27-20-17(24)3-2-4-18(20)33-22(27)25-21(29)14-9-11-26(12-10-14)34(30,31)16-7-5-15(23)6-8-16/h2-8,14H,9-13H2,1H3. The molecule has 4 rings (SSSR count). The summed E-state index contributed by atoms with van der Waals surface area (Å²) in [5.41, 5.74) is 0.174. The van der Waals surface area contributed by atoms with E-state index in [0.29, 0.717) is 22.6 Å². The van der Waals surface area contributed by atoms with E-state index in [1.807, 2.05) is 0 Å². The normalized spacial score (nSPS) is 16.1. The maximum absolute atomic E-state index is 14.5. The van der Waals surface area contributed by atoms with Gasteiger partial charge in [-0.1, -0.05) is 29.0 Å². The lowest BCUT2D eigenvalue weighted by atomic mass is 9.98. The van der Waals surface area contributed by atoms with E-state index in [-0.39, 0.29) is 34.8 Å². The van der Waals surface area contributed by atoms with Crippen LogP contribution < -0.4 is 4.80 Å². The van der Waals surface area contributed by atoms with E-state index < -0.39 is 33.6 Å². The van der Waals surface area contributed by atoms with Gasteiger partial charge in [0.1, 0.15) is 12.4 Å². The van der Waals surface area contributed by atoms with Crippen molar-refractivity contribution in [1.82, 2.24) is 8.87 Å². The molecule has 0 saturated carbocycles. The number of carbonyl (C=O) groups excluding carboxylic acids is 2. The van der Waals surface area contributed by atoms with Gasteiger partial charge in [-0.3, -0.25) is 9.59 Å². The number of ether oxygens (including phenoxy) is 1. The van der Waals surface area contributed by atoms with E-state index in [0.717, 1.165) is 11.3 Å². The molecule has 8 nitrogen and oxygen atoms in total. The number of esters is 1. The molecule has 180 valence electrons. The first kappa shape index (κ1) is 24.5. The SMILES string of the molecule is COC(=O)Cn1c(=NC(=O)C2CCN(S(=O)(=O)c3ccc(Cl)cc3)CC2)sc2cccc(F)c21. The molecular weight excluding hydrogens is 505 g/mol. The van der Waals surface area contributed by atoms with Crippen LogP contribution >= 0.6 is 22.9 Å². The van der Waals surface area contributed by atoms with Gasteiger partial charge in [0.25, 0.3) is 5.91 Å². The summed E-state index contributed by atoms with van der Waals surface area (Å²) in [5.74, 6) is -2.06. The summed E-state index contributed by atoms with van der Waals surface area (Å²) in [6.45, 7) is 0.0432. The molecule has 0 N–H and O–H groups in total. The number of methoxy groups -OCH3 is 1. The van der Waals surface area contributed by atoms with Crippen molar-refractivity contribution in [3.8, 4) is 0 Å². The molecule has 0 radical (unpaired) electrons. The van der Waals surface area contributed by atoms with Gasteiger partial charge in [0.05, 0.1) is 22.2 Å². The summed E-state index contributed by atoms with van der Waals surface area (Å²) >= 11 is 6.94. The van der Waals surface area contributed by atoms with E-state index in [1.54, 1.807) is 12.1 Å². The third kappa shape index (κ3) is 4.92. The largest absolute Gasteiger partial charge is 0.468 e. The van der Waals surface area contributed by atoms with Crippen LogP contribution in [0.15, 0.2) is 52.4 Å². The quantitative estimate of drug-likeness (QED) is 0.476. The minimum absolute atomic E-state index is 0.141. The minimum atomic E-state index is -3.69. The summed E-state index contributed by atoms with van der Waals surface area (Å²) in [5, 5.41) is 0.440. The zero-order chi connectivity index (χ0) is 24.5. The average molecular weight is 526 g/mol. The number of piperidine rings is 1. The van der Waals surface area contributed by atoms with Crippen LogP contribution in [-0.2, 0) is 30.9 Å². The van der Waals surface area contributed by atoms with Gasteiger partial charge in [-0.15, -0.1) is 0 Å². The Balaban J connectivity index is 1.55. The van der Waals surface area contributed by atoms with Crippen molar-refractivity contribution in [3.05, 3.63) is 58.1 Å². The molecule has 0 atom stereocenters. The lowest BCUT2D eigenvalue weighted by Gasteiger charge is -2.29. The lowest BCUT2D eigenvalue weighted by Crippen LogP contribution is -2.40. The molecule has 1 saturated heterocycles. The zero-order valence-electron chi connectivity index (χ0n) is 18.1. The number of para-hydroxylation sites is 1. The van der Waals surface area contributed by atoms with Crippen LogP contribution in [0.4, 0.5) is 4.39 Å². The van der Waals surface area contributed by atoms with Gasteiger partial charge in [0, 0.05) is 24.0 Å². The maximum Gasteiger partial charge on any atom is 0.325 e. The molecule has 1 aliphatic heterocycles. The van der Waals surface area contributed by atoms with Crippen LogP contribution in [0.1, 0.15) is 12.8 Å². The topological polar surface area (TPSA) is 98.0 Å². The molecule has 0 unspecified atom stereocenters. The number of fused-ring (bicyclic) bond motifs is 1. The molecule has 0 spiro atoms. The average Bonchev–Trinajstić information content (AvgIpc) is 3.17. The zero-order valence-corrected chi connectivity index (χ0v) is 20.5. The Bertz CT molecular complexity index is 1410. The van der Waals surface area contributed by atoms with Gasteiger partial charge in [-0.2, -0.15) is 9.30 Å². The van der Waals surface area contributed by atoms with Crippen molar-refractivity contribution < 1.29 is 27.1 Å². The molecule has 0 bridgehead atoms. The van der Waals surface area contributed by atoms with E-state index in [4.69, 9.17) is 16.3 Å². The van der Waals surface area contributed by atoms with Crippen LogP contribution in [-0.4, -0.2) is 49.4 Å². The Kier molecular flexibility index (Phi) is 7.17. The van der Waals surface area contributed by atoms with Crippen molar-refractivity contribution >= 4 is 55.1 Å². The van der Waals surface area contributed by atoms with Crippen molar-refractivity contribution in [3.63, 3.8) is 0 Å². The van der Waals surface area contributed by atoms with Crippen molar-refractivity contribution in [2.24, 2.45) is 10.9 Å². The Morgan fingerprint density at radius 1 is 1.18 bits per heavy atom. The summed E-state index contributed by atoms with van der Waals surface area (Å²) in [7, 11) is -2.47. The third-order valence-electron chi connectivity index (χ3n) is 5.63. The molecule has 2 aromatic carbocycles. The fourth-order valence-corrected chi connectivity index (χ4v) is 6.44. The van der Waals surface area contributed by atoms with Crippen LogP contribution in [0.3, 0.4) is 0 Å². The van der Waals surface area contributed by atoms with Crippen molar-refractivity contribution in [1.29, 1.82) is 0 Å². The summed E-state index contributed by atoms with van der Waals surface area (Å²) in [6.07, 6.45) is 0.594. The maximum atomic E-state index is 14.5. The second-order valence-electron chi connectivity index (χ2n) is 7.72. The molecule has 0 aliphatic carbocycles. The lowest BCUT2D eigenvalue weighted by molar-refractivity contribution is -0.141. The highest BCUT2D eigenvalue weighted by Crippen LogP contribution is 2.26. The van der Waals surface area contributed by atoms with E-state index >= 15 is 0 Å². The highest BCUT2D eigenvalue weighted by molar-refractivity contribution is 7.89. The number of hydrogen-bond donors (Lipinski definition) is 0. The number of halogens is 2. The van der Waals surface area contributed by atoms with Gasteiger partial charge in [0.15, 0.2) is 4.80 Å². The highest BCUT2D eigenvalue weighted by atomic mass is 35.5. The fourth-order valence-electron chi connectivity index (χ4n) is 3.80. The molecule has 12 heteroatoms. The number of carbonyl (C=O) groups is 2. The Morgan fingerprint density at radius 2 is 1.85 bits per heavy atom. The van der Waals surface area contributed by atoms with E-state index in [9.17, 15) is 22.4 Å². The molecule has 1 aromatic heterocycles. The number of aromatic nitrogens is 1. The number of amides is 1. The molecule has 1 aliphatic rings. The Labute approximate surface area is 204 Å². The van der Waals surface area contributed by atoms with Crippen LogP contribution in [0.5, 0.6) is 0 Å². The molecular formula is C22H21ClFN3O5S2. The predicted molar refractivity (Wildman–Crippen MR) is 125 cm³/mol. The highest BCUT2D eigenvalue weighted by Gasteiger charge is 2.32. The molecule has 34 heavy (non-hydrogen) atoms. The summed E-state index contributed by atoms with van der Waals surface area (Å²) in [6, 6.07) is 10.4. The second-order valence-corrected chi connectivity index (χ2v) is 11.1. The van der Waals surface area contributed by atoms with Gasteiger partial charge in [0.2, 0.25) is 10.0 Å². The van der Waals surface area contributed by atoms with Crippen molar-refractivity contribution in [2.75, 3.05) is 20.2 Å². The smallest absolute Gasteiger partial charge is 0.325 e. The number of nitrogens with zero attached hydrogens (tertiary/aromatic N) is 3. The first-order valence-electron chi connectivity index (χ1n) is 10.4. The predicted octanol–water partition coefficient (Wildman–Crippen LogP) is 3.20. The second kappa shape index (κ2) is 9.95. The van der Waals surface area contributed by atoms with E-state index in [1.165, 1.54) is 46.3 Å². The van der Waals surface area contributed by atoms with Crippen LogP contribution in [0, 0.1) is 11.7 Å². The number of rotatable bonds is 5. The molecule has 1 fully saturated rings. The first-order valence-corrected chi connectivity index (χ1v) is 13.0. The monoisotopic (exact) mass is 525 g/mol. The summed E-state index contributed by atoms with van der Waals surface area (Å²) < 4.78 is 48.1. The number of sulfonamides is 1. The number of hydrogen-bond acceptors (Lipinski definition) is 6. The van der Waals surface area contributed by atoms with Crippen molar-refractivity contribution in [2.45, 2.75) is 24.3 Å². The van der Waals surface area contributed by atoms with Crippen LogP contribution in [0.25, 0.3) is 10.2 Å². The summed E-state index contributed by atoms with van der Waals surface area (Å²) in [4.78, 5) is 29.3. The number of benzene rings is 2. The number of thiazole rings is 1. The van der Waals surface area contributed by atoms with Crippen LogP contribution in [0.2, 0.25) is 5.02 Å². The molecule has 3 aromatic rings. The third-order valence-corrected chi connectivity index (χ3v) is 8.84. The van der Waals surface area contributed by atoms with E-state index in [2.05, 4.69) is 4.99 Å². The first-order chi connectivity index (χ1) is 16.2. The van der Waals surface area contributed by atoms with Gasteiger partial charge >= 0.3 is 5.97 Å². The molecule has 1 amide bonds.